The van der Waals surface area contributed by atoms with Gasteiger partial charge in [-0.15, -0.1) is 0 Å². The molecule has 1 N–H and O–H groups in total. The lowest BCUT2D eigenvalue weighted by Crippen LogP contribution is -2.51. The van der Waals surface area contributed by atoms with E-state index < -0.39 is 12.1 Å². The summed E-state index contributed by atoms with van der Waals surface area (Å²) in [4.78, 5) is 33.1. The summed E-state index contributed by atoms with van der Waals surface area (Å²) in [5.74, 6) is -0.324. The summed E-state index contributed by atoms with van der Waals surface area (Å²) in [6.07, 6.45) is 2.16. The standard InChI is InChI=1S/C23H25N3O3/c27-22(21-16-19(25-29-21)18-11-5-2-6-12-18)24-20(15-17-9-3-1-4-10-17)23(28)26-13-7-8-14-26/h1-6,9-12,20-21H,7-8,13-16H2,(H,24,27). The Morgan fingerprint density at radius 1 is 1.03 bits per heavy atom. The van der Waals surface area contributed by atoms with Gasteiger partial charge in [0.05, 0.1) is 5.71 Å². The van der Waals surface area contributed by atoms with E-state index in [0.29, 0.717) is 12.8 Å². The first-order valence-corrected chi connectivity index (χ1v) is 10.1. The van der Waals surface area contributed by atoms with Gasteiger partial charge in [-0.25, -0.2) is 0 Å². The molecule has 2 amide bonds. The molecule has 150 valence electrons. The molecule has 2 unspecified atom stereocenters. The Bertz CT molecular complexity index is 877. The first-order chi connectivity index (χ1) is 14.2. The van der Waals surface area contributed by atoms with Gasteiger partial charge in [0, 0.05) is 25.9 Å². The fourth-order valence-corrected chi connectivity index (χ4v) is 3.79. The molecule has 0 spiro atoms. The zero-order valence-electron chi connectivity index (χ0n) is 16.3. The Hall–Kier alpha value is -3.15. The molecule has 2 aliphatic heterocycles. The first kappa shape index (κ1) is 19.2. The quantitative estimate of drug-likeness (QED) is 0.823. The molecule has 29 heavy (non-hydrogen) atoms. The monoisotopic (exact) mass is 391 g/mol. The molecular weight excluding hydrogens is 366 g/mol. The number of carbonyl (C=O) groups excluding carboxylic acids is 2. The Morgan fingerprint density at radius 3 is 2.38 bits per heavy atom. The van der Waals surface area contributed by atoms with E-state index in [9.17, 15) is 9.59 Å². The zero-order chi connectivity index (χ0) is 20.1. The maximum absolute atomic E-state index is 13.0. The highest BCUT2D eigenvalue weighted by atomic mass is 16.6. The third-order valence-electron chi connectivity index (χ3n) is 5.38. The number of oxime groups is 1. The van der Waals surface area contributed by atoms with E-state index in [-0.39, 0.29) is 11.8 Å². The van der Waals surface area contributed by atoms with Crippen molar-refractivity contribution in [3.05, 3.63) is 71.8 Å². The molecule has 2 atom stereocenters. The number of likely N-dealkylation sites (tertiary alicyclic amines) is 1. The minimum atomic E-state index is -0.713. The molecule has 1 saturated heterocycles. The predicted molar refractivity (Wildman–Crippen MR) is 110 cm³/mol. The van der Waals surface area contributed by atoms with E-state index in [2.05, 4.69) is 10.5 Å². The van der Waals surface area contributed by atoms with E-state index in [1.807, 2.05) is 65.6 Å². The summed E-state index contributed by atoms with van der Waals surface area (Å²) < 4.78 is 0. The van der Waals surface area contributed by atoms with Crippen LogP contribution in [-0.4, -0.2) is 47.7 Å². The average Bonchev–Trinajstić information content (AvgIpc) is 3.46. The minimum absolute atomic E-state index is 0.0260. The zero-order valence-corrected chi connectivity index (χ0v) is 16.3. The summed E-state index contributed by atoms with van der Waals surface area (Å²) in [6.45, 7) is 1.50. The van der Waals surface area contributed by atoms with Crippen molar-refractivity contribution in [2.24, 2.45) is 5.16 Å². The molecule has 0 saturated carbocycles. The largest absolute Gasteiger partial charge is 0.382 e. The van der Waals surface area contributed by atoms with Crippen LogP contribution in [0.25, 0.3) is 0 Å². The van der Waals surface area contributed by atoms with Gasteiger partial charge in [-0.3, -0.25) is 9.59 Å². The van der Waals surface area contributed by atoms with E-state index in [0.717, 1.165) is 42.8 Å². The van der Waals surface area contributed by atoms with Crippen LogP contribution in [0.15, 0.2) is 65.8 Å². The van der Waals surface area contributed by atoms with Crippen LogP contribution in [-0.2, 0) is 20.8 Å². The maximum atomic E-state index is 13.0. The minimum Gasteiger partial charge on any atom is -0.382 e. The number of rotatable bonds is 6. The molecule has 0 aliphatic carbocycles. The molecule has 0 bridgehead atoms. The van der Waals surface area contributed by atoms with Crippen LogP contribution in [0, 0.1) is 0 Å². The Labute approximate surface area is 170 Å². The van der Waals surface area contributed by atoms with Crippen LogP contribution >= 0.6 is 0 Å². The van der Waals surface area contributed by atoms with E-state index in [1.165, 1.54) is 0 Å². The second-order valence-electron chi connectivity index (χ2n) is 7.49. The lowest BCUT2D eigenvalue weighted by Gasteiger charge is -2.25. The van der Waals surface area contributed by atoms with Gasteiger partial charge in [0.25, 0.3) is 5.91 Å². The fraction of sp³-hybridized carbons (Fsp3) is 0.348. The number of carbonyl (C=O) groups is 2. The second kappa shape index (κ2) is 8.90. The highest BCUT2D eigenvalue weighted by molar-refractivity contribution is 6.04. The normalized spacial score (nSPS) is 19.4. The summed E-state index contributed by atoms with van der Waals surface area (Å²) in [6, 6.07) is 18.8. The van der Waals surface area contributed by atoms with Gasteiger partial charge >= 0.3 is 0 Å². The lowest BCUT2D eigenvalue weighted by atomic mass is 10.0. The molecule has 4 rings (SSSR count). The summed E-state index contributed by atoms with van der Waals surface area (Å²) in [5, 5.41) is 7.01. The summed E-state index contributed by atoms with van der Waals surface area (Å²) in [5.41, 5.74) is 2.70. The van der Waals surface area contributed by atoms with Gasteiger partial charge in [-0.1, -0.05) is 65.8 Å². The van der Waals surface area contributed by atoms with Crippen molar-refractivity contribution in [1.82, 2.24) is 10.2 Å². The summed E-state index contributed by atoms with van der Waals surface area (Å²) >= 11 is 0. The van der Waals surface area contributed by atoms with Gasteiger partial charge in [-0.2, -0.15) is 0 Å². The number of nitrogens with one attached hydrogen (secondary N) is 1. The van der Waals surface area contributed by atoms with E-state index in [4.69, 9.17) is 4.84 Å². The molecule has 2 aromatic carbocycles. The predicted octanol–water partition coefficient (Wildman–Crippen LogP) is 2.53. The van der Waals surface area contributed by atoms with E-state index in [1.54, 1.807) is 0 Å². The molecule has 2 aliphatic rings. The molecule has 0 aromatic heterocycles. The molecule has 1 fully saturated rings. The fourth-order valence-electron chi connectivity index (χ4n) is 3.79. The topological polar surface area (TPSA) is 71.0 Å². The molecule has 2 aromatic rings. The van der Waals surface area contributed by atoms with Gasteiger partial charge in [0.1, 0.15) is 6.04 Å². The molecule has 6 nitrogen and oxygen atoms in total. The first-order valence-electron chi connectivity index (χ1n) is 10.1. The second-order valence-corrected chi connectivity index (χ2v) is 7.49. The average molecular weight is 391 g/mol. The number of amides is 2. The van der Waals surface area contributed by atoms with Gasteiger partial charge in [0.2, 0.25) is 12.0 Å². The number of hydrogen-bond donors (Lipinski definition) is 1. The van der Waals surface area contributed by atoms with Crippen LogP contribution in [0.3, 0.4) is 0 Å². The molecule has 0 radical (unpaired) electrons. The van der Waals surface area contributed by atoms with Gasteiger partial charge < -0.3 is 15.1 Å². The van der Waals surface area contributed by atoms with Gasteiger partial charge in [-0.05, 0) is 24.0 Å². The van der Waals surface area contributed by atoms with Crippen LogP contribution in [0.2, 0.25) is 0 Å². The van der Waals surface area contributed by atoms with Crippen LogP contribution < -0.4 is 5.32 Å². The smallest absolute Gasteiger partial charge is 0.265 e. The maximum Gasteiger partial charge on any atom is 0.265 e. The van der Waals surface area contributed by atoms with Gasteiger partial charge in [0.15, 0.2) is 0 Å². The Balaban J connectivity index is 1.43. The van der Waals surface area contributed by atoms with Crippen LogP contribution in [0.4, 0.5) is 0 Å². The van der Waals surface area contributed by atoms with E-state index >= 15 is 0 Å². The summed E-state index contributed by atoms with van der Waals surface area (Å²) in [7, 11) is 0. The van der Waals surface area contributed by atoms with Crippen LogP contribution in [0.1, 0.15) is 30.4 Å². The molecule has 2 heterocycles. The van der Waals surface area contributed by atoms with Crippen molar-refractivity contribution in [1.29, 1.82) is 0 Å². The Kier molecular flexibility index (Phi) is 5.89. The number of nitrogens with zero attached hydrogens (tertiary/aromatic N) is 2. The number of benzene rings is 2. The van der Waals surface area contributed by atoms with Crippen molar-refractivity contribution in [3.8, 4) is 0 Å². The van der Waals surface area contributed by atoms with Crippen molar-refractivity contribution < 1.29 is 14.4 Å². The highest BCUT2D eigenvalue weighted by Crippen LogP contribution is 2.18. The van der Waals surface area contributed by atoms with Crippen molar-refractivity contribution in [2.75, 3.05) is 13.1 Å². The third-order valence-corrected chi connectivity index (χ3v) is 5.38. The number of hydrogen-bond acceptors (Lipinski definition) is 4. The lowest BCUT2D eigenvalue weighted by molar-refractivity contribution is -0.139. The Morgan fingerprint density at radius 2 is 1.69 bits per heavy atom. The molecule has 6 heteroatoms. The molecular formula is C23H25N3O3. The highest BCUT2D eigenvalue weighted by Gasteiger charge is 2.33. The van der Waals surface area contributed by atoms with Crippen molar-refractivity contribution in [3.63, 3.8) is 0 Å². The van der Waals surface area contributed by atoms with Crippen molar-refractivity contribution >= 4 is 17.5 Å². The SMILES string of the molecule is O=C(NC(Cc1ccccc1)C(=O)N1CCCC1)C1CC(c2ccccc2)=NO1. The third kappa shape index (κ3) is 4.65. The van der Waals surface area contributed by atoms with Crippen LogP contribution in [0.5, 0.6) is 0 Å². The van der Waals surface area contributed by atoms with Crippen molar-refractivity contribution in [2.45, 2.75) is 37.8 Å².